The molecule has 86 valence electrons. The molecule has 0 aliphatic carbocycles. The van der Waals surface area contributed by atoms with Gasteiger partial charge in [-0.15, -0.1) is 0 Å². The van der Waals surface area contributed by atoms with Gasteiger partial charge >= 0.3 is 5.97 Å². The van der Waals surface area contributed by atoms with Gasteiger partial charge in [0.25, 0.3) is 0 Å². The molecule has 0 aliphatic heterocycles. The summed E-state index contributed by atoms with van der Waals surface area (Å²) in [5.41, 5.74) is 0.924. The lowest BCUT2D eigenvalue weighted by molar-refractivity contribution is -0.138. The zero-order valence-electron chi connectivity index (χ0n) is 9.52. The number of methoxy groups -OCH3 is 2. The Kier molecular flexibility index (Phi) is 4.39. The first-order chi connectivity index (χ1) is 7.69. The fraction of sp³-hybridized carbons (Fsp3) is 0.250. The predicted molar refractivity (Wildman–Crippen MR) is 58.9 cm³/mol. The highest BCUT2D eigenvalue weighted by molar-refractivity contribution is 5.86. The van der Waals surface area contributed by atoms with E-state index in [0.717, 1.165) is 5.56 Å². The Morgan fingerprint density at radius 3 is 2.50 bits per heavy atom. The molecule has 16 heavy (non-hydrogen) atoms. The molecule has 0 bridgehead atoms. The van der Waals surface area contributed by atoms with Crippen molar-refractivity contribution in [2.75, 3.05) is 14.2 Å². The number of hydrogen-bond donors (Lipinski definition) is 0. The number of carbonyl (C=O) groups excluding carboxylic acids is 1. The average Bonchev–Trinajstić information content (AvgIpc) is 2.30. The van der Waals surface area contributed by atoms with E-state index in [0.29, 0.717) is 5.75 Å². The minimum absolute atomic E-state index is 0.0132. The quantitative estimate of drug-likeness (QED) is 0.444. The summed E-state index contributed by atoms with van der Waals surface area (Å²) >= 11 is 0. The smallest absolute Gasteiger partial charge is 0.377 e. The fourth-order valence-electron chi connectivity index (χ4n) is 1.11. The third-order valence-corrected chi connectivity index (χ3v) is 1.92. The molecule has 0 aliphatic rings. The second kappa shape index (κ2) is 5.80. The van der Waals surface area contributed by atoms with E-state index >= 15 is 0 Å². The summed E-state index contributed by atoms with van der Waals surface area (Å²) in [5.74, 6) is 0.0283. The Morgan fingerprint density at radius 1 is 1.25 bits per heavy atom. The van der Waals surface area contributed by atoms with Crippen LogP contribution in [0.15, 0.2) is 36.3 Å². The van der Waals surface area contributed by atoms with Gasteiger partial charge in [0.15, 0.2) is 0 Å². The molecule has 0 N–H and O–H groups in total. The fourth-order valence-corrected chi connectivity index (χ4v) is 1.11. The minimum Gasteiger partial charge on any atom is -0.500 e. The van der Waals surface area contributed by atoms with Gasteiger partial charge in [0, 0.05) is 0 Å². The van der Waals surface area contributed by atoms with Crippen LogP contribution in [0.4, 0.5) is 0 Å². The lowest BCUT2D eigenvalue weighted by atomic mass is 10.2. The number of benzene rings is 1. The summed E-state index contributed by atoms with van der Waals surface area (Å²) in [5, 5.41) is 0. The molecule has 0 heterocycles. The Labute approximate surface area is 94.4 Å². The van der Waals surface area contributed by atoms with Crippen LogP contribution in [0, 0.1) is 6.92 Å². The molecule has 0 fully saturated rings. The molecular weight excluding hydrogens is 208 g/mol. The number of carbonyl (C=O) groups is 1. The summed E-state index contributed by atoms with van der Waals surface area (Å²) in [4.78, 5) is 11.3. The van der Waals surface area contributed by atoms with E-state index in [-0.39, 0.29) is 5.76 Å². The van der Waals surface area contributed by atoms with E-state index in [1.165, 1.54) is 20.5 Å². The van der Waals surface area contributed by atoms with Crippen molar-refractivity contribution >= 4 is 5.97 Å². The summed E-state index contributed by atoms with van der Waals surface area (Å²) < 4.78 is 14.7. The van der Waals surface area contributed by atoms with Crippen molar-refractivity contribution in [3.05, 3.63) is 41.9 Å². The van der Waals surface area contributed by atoms with Gasteiger partial charge in [-0.3, -0.25) is 0 Å². The van der Waals surface area contributed by atoms with Crippen LogP contribution in [-0.4, -0.2) is 20.2 Å². The minimum atomic E-state index is -0.579. The van der Waals surface area contributed by atoms with Crippen LogP contribution in [0.25, 0.3) is 0 Å². The third-order valence-electron chi connectivity index (χ3n) is 1.92. The normalized spacial score (nSPS) is 10.8. The molecular formula is C12H14O4. The second-order valence-electron chi connectivity index (χ2n) is 3.08. The van der Waals surface area contributed by atoms with Crippen LogP contribution >= 0.6 is 0 Å². The van der Waals surface area contributed by atoms with E-state index in [1.54, 1.807) is 6.07 Å². The first kappa shape index (κ1) is 12.1. The van der Waals surface area contributed by atoms with Crippen molar-refractivity contribution in [3.63, 3.8) is 0 Å². The van der Waals surface area contributed by atoms with Crippen LogP contribution in [-0.2, 0) is 14.3 Å². The molecule has 1 aromatic carbocycles. The molecule has 0 saturated heterocycles. The number of hydrogen-bond acceptors (Lipinski definition) is 4. The average molecular weight is 222 g/mol. The molecule has 0 atom stereocenters. The lowest BCUT2D eigenvalue weighted by Gasteiger charge is -2.09. The maximum atomic E-state index is 11.3. The maximum Gasteiger partial charge on any atom is 0.377 e. The molecule has 1 rings (SSSR count). The third kappa shape index (κ3) is 3.02. The summed E-state index contributed by atoms with van der Waals surface area (Å²) in [6, 6.07) is 7.36. The van der Waals surface area contributed by atoms with E-state index in [2.05, 4.69) is 4.74 Å². The van der Waals surface area contributed by atoms with Gasteiger partial charge in [0.05, 0.1) is 14.2 Å². The van der Waals surface area contributed by atoms with E-state index in [1.807, 2.05) is 25.1 Å². The first-order valence-electron chi connectivity index (χ1n) is 4.73. The first-order valence-corrected chi connectivity index (χ1v) is 4.73. The van der Waals surface area contributed by atoms with Crippen molar-refractivity contribution in [1.82, 2.24) is 0 Å². The SMILES string of the molecule is CO/C=C(\Oc1ccccc1C)C(=O)OC. The summed E-state index contributed by atoms with van der Waals surface area (Å²) in [6.07, 6.45) is 1.21. The van der Waals surface area contributed by atoms with Crippen molar-refractivity contribution in [1.29, 1.82) is 0 Å². The molecule has 0 radical (unpaired) electrons. The molecule has 0 spiro atoms. The maximum absolute atomic E-state index is 11.3. The van der Waals surface area contributed by atoms with Crippen LogP contribution in [0.5, 0.6) is 5.75 Å². The molecule has 0 unspecified atom stereocenters. The molecule has 1 aromatic rings. The number of aryl methyl sites for hydroxylation is 1. The zero-order chi connectivity index (χ0) is 12.0. The van der Waals surface area contributed by atoms with Gasteiger partial charge in [-0.2, -0.15) is 0 Å². The highest BCUT2D eigenvalue weighted by Gasteiger charge is 2.13. The van der Waals surface area contributed by atoms with Crippen LogP contribution in [0.1, 0.15) is 5.56 Å². The number of para-hydroxylation sites is 1. The number of ether oxygens (including phenoxy) is 3. The van der Waals surface area contributed by atoms with Crippen LogP contribution in [0.3, 0.4) is 0 Å². The highest BCUT2D eigenvalue weighted by atomic mass is 16.6. The Hall–Kier alpha value is -1.97. The highest BCUT2D eigenvalue weighted by Crippen LogP contribution is 2.19. The lowest BCUT2D eigenvalue weighted by Crippen LogP contribution is -2.11. The second-order valence-corrected chi connectivity index (χ2v) is 3.08. The van der Waals surface area contributed by atoms with Gasteiger partial charge in [-0.25, -0.2) is 4.79 Å². The van der Waals surface area contributed by atoms with E-state index in [4.69, 9.17) is 9.47 Å². The number of esters is 1. The van der Waals surface area contributed by atoms with Gasteiger partial charge in [-0.05, 0) is 18.6 Å². The largest absolute Gasteiger partial charge is 0.500 e. The van der Waals surface area contributed by atoms with Crippen molar-refractivity contribution in [2.45, 2.75) is 6.92 Å². The monoisotopic (exact) mass is 222 g/mol. The topological polar surface area (TPSA) is 44.8 Å². The van der Waals surface area contributed by atoms with E-state index in [9.17, 15) is 4.79 Å². The Morgan fingerprint density at radius 2 is 1.94 bits per heavy atom. The van der Waals surface area contributed by atoms with Gasteiger partial charge < -0.3 is 14.2 Å². The van der Waals surface area contributed by atoms with E-state index < -0.39 is 5.97 Å². The van der Waals surface area contributed by atoms with Crippen molar-refractivity contribution in [2.24, 2.45) is 0 Å². The molecule has 0 aromatic heterocycles. The molecule has 0 amide bonds. The molecule has 4 heteroatoms. The van der Waals surface area contributed by atoms with Crippen LogP contribution in [0.2, 0.25) is 0 Å². The predicted octanol–water partition coefficient (Wildman–Crippen LogP) is 2.03. The zero-order valence-corrected chi connectivity index (χ0v) is 9.52. The van der Waals surface area contributed by atoms with Crippen LogP contribution < -0.4 is 4.74 Å². The molecule has 4 nitrogen and oxygen atoms in total. The standard InChI is InChI=1S/C12H14O4/c1-9-6-4-5-7-10(9)16-11(8-14-2)12(13)15-3/h4-8H,1-3H3/b11-8-. The van der Waals surface area contributed by atoms with Gasteiger partial charge in [-0.1, -0.05) is 18.2 Å². The summed E-state index contributed by atoms with van der Waals surface area (Å²) in [6.45, 7) is 1.89. The molecule has 0 saturated carbocycles. The van der Waals surface area contributed by atoms with Crippen molar-refractivity contribution < 1.29 is 19.0 Å². The Bertz CT molecular complexity index is 396. The van der Waals surface area contributed by atoms with Crippen molar-refractivity contribution in [3.8, 4) is 5.75 Å². The Balaban J connectivity index is 2.89. The van der Waals surface area contributed by atoms with Gasteiger partial charge in [0.2, 0.25) is 5.76 Å². The summed E-state index contributed by atoms with van der Waals surface area (Å²) in [7, 11) is 2.72. The van der Waals surface area contributed by atoms with Gasteiger partial charge in [0.1, 0.15) is 12.0 Å². The number of rotatable bonds is 4.